The van der Waals surface area contributed by atoms with Crippen LogP contribution in [0, 0.1) is 0 Å². The van der Waals surface area contributed by atoms with Crippen LogP contribution in [0.15, 0.2) is 27.6 Å². The average molecular weight is 377 g/mol. The molecule has 0 saturated carbocycles. The van der Waals surface area contributed by atoms with Gasteiger partial charge in [-0.3, -0.25) is 0 Å². The van der Waals surface area contributed by atoms with Crippen LogP contribution < -0.4 is 0 Å². The summed E-state index contributed by atoms with van der Waals surface area (Å²) in [6.45, 7) is 1.64. The quantitative estimate of drug-likeness (QED) is 0.867. The second-order valence-electron chi connectivity index (χ2n) is 5.48. The van der Waals surface area contributed by atoms with Gasteiger partial charge in [0.1, 0.15) is 0 Å². The van der Waals surface area contributed by atoms with Crippen molar-refractivity contribution in [1.82, 2.24) is 9.21 Å². The third-order valence-electron chi connectivity index (χ3n) is 4.04. The van der Waals surface area contributed by atoms with Gasteiger partial charge in [-0.05, 0) is 66.6 Å². The molecule has 2 rings (SSSR count). The highest BCUT2D eigenvalue weighted by Crippen LogP contribution is 2.28. The van der Waals surface area contributed by atoms with E-state index in [1.165, 1.54) is 10.4 Å². The Hall–Kier alpha value is -0.470. The lowest BCUT2D eigenvalue weighted by atomic mass is 10.1. The van der Waals surface area contributed by atoms with E-state index < -0.39 is 10.0 Å². The third-order valence-corrected chi connectivity index (χ3v) is 6.94. The van der Waals surface area contributed by atoms with Crippen LogP contribution in [0.4, 0.5) is 0 Å². The molecule has 1 aliphatic heterocycles. The maximum absolute atomic E-state index is 12.8. The second-order valence-corrected chi connectivity index (χ2v) is 8.30. The number of hydrogen-bond donors (Lipinski definition) is 1. The fraction of sp³-hybridized carbons (Fsp3) is 0.571. The molecular formula is C14H21BrN2O3S. The molecule has 118 valence electrons. The average Bonchev–Trinajstić information content (AvgIpc) is 2.47. The normalized spacial score (nSPS) is 18.3. The minimum absolute atomic E-state index is 0.0240. The molecule has 0 spiro atoms. The van der Waals surface area contributed by atoms with Crippen molar-refractivity contribution in [1.29, 1.82) is 0 Å². The maximum Gasteiger partial charge on any atom is 0.244 e. The Kier molecular flexibility index (Phi) is 5.43. The number of likely N-dealkylation sites (tertiary alicyclic amines) is 1. The zero-order chi connectivity index (χ0) is 15.6. The van der Waals surface area contributed by atoms with Gasteiger partial charge < -0.3 is 10.0 Å². The summed E-state index contributed by atoms with van der Waals surface area (Å²) >= 11 is 3.30. The van der Waals surface area contributed by atoms with E-state index in [1.807, 2.05) is 7.05 Å². The van der Waals surface area contributed by atoms with Crippen molar-refractivity contribution in [3.8, 4) is 0 Å². The number of hydrogen-bond acceptors (Lipinski definition) is 4. The Labute approximate surface area is 134 Å². The molecule has 1 saturated heterocycles. The first kappa shape index (κ1) is 16.9. The molecule has 0 amide bonds. The molecule has 0 atom stereocenters. The number of aliphatic hydroxyl groups excluding tert-OH is 1. The van der Waals surface area contributed by atoms with Crippen molar-refractivity contribution in [2.24, 2.45) is 0 Å². The summed E-state index contributed by atoms with van der Waals surface area (Å²) in [6, 6.07) is 4.93. The molecule has 0 aromatic heterocycles. The van der Waals surface area contributed by atoms with Gasteiger partial charge in [0.25, 0.3) is 0 Å². The summed E-state index contributed by atoms with van der Waals surface area (Å²) in [5.74, 6) is 0. The Bertz CT molecular complexity index is 598. The number of sulfonamides is 1. The summed E-state index contributed by atoms with van der Waals surface area (Å²) in [4.78, 5) is 2.43. The van der Waals surface area contributed by atoms with Crippen LogP contribution in [-0.4, -0.2) is 56.0 Å². The van der Waals surface area contributed by atoms with Crippen LogP contribution in [0.1, 0.15) is 18.4 Å². The van der Waals surface area contributed by atoms with Gasteiger partial charge >= 0.3 is 0 Å². The number of aliphatic hydroxyl groups is 1. The Morgan fingerprint density at radius 1 is 1.38 bits per heavy atom. The Balaban J connectivity index is 2.29. The molecule has 0 aliphatic carbocycles. The highest BCUT2D eigenvalue weighted by atomic mass is 79.9. The Morgan fingerprint density at radius 3 is 2.57 bits per heavy atom. The van der Waals surface area contributed by atoms with Gasteiger partial charge in [-0.2, -0.15) is 4.31 Å². The van der Waals surface area contributed by atoms with Gasteiger partial charge in [0.05, 0.1) is 11.5 Å². The van der Waals surface area contributed by atoms with Crippen LogP contribution >= 0.6 is 15.9 Å². The summed E-state index contributed by atoms with van der Waals surface area (Å²) in [6.07, 6.45) is 1.67. The molecule has 1 heterocycles. The van der Waals surface area contributed by atoms with Crippen molar-refractivity contribution in [2.75, 3.05) is 27.2 Å². The molecule has 5 nitrogen and oxygen atoms in total. The van der Waals surface area contributed by atoms with Crippen LogP contribution in [0.25, 0.3) is 0 Å². The van der Waals surface area contributed by atoms with Crippen LogP contribution in [0.5, 0.6) is 0 Å². The fourth-order valence-corrected chi connectivity index (χ4v) is 4.94. The van der Waals surface area contributed by atoms with E-state index in [2.05, 4.69) is 20.8 Å². The number of nitrogens with zero attached hydrogens (tertiary/aromatic N) is 2. The molecule has 1 aromatic carbocycles. The van der Waals surface area contributed by atoms with Crippen LogP contribution in [0.3, 0.4) is 0 Å². The van der Waals surface area contributed by atoms with Crippen molar-refractivity contribution < 1.29 is 13.5 Å². The van der Waals surface area contributed by atoms with Gasteiger partial charge in [-0.15, -0.1) is 0 Å². The standard InChI is InChI=1S/C14H21BrN2O3S/c1-16-7-5-12(6-8-16)17(2)21(19,20)14-9-11(10-18)3-4-13(14)15/h3-4,9,12,18H,5-8,10H2,1-2H3. The summed E-state index contributed by atoms with van der Waals surface area (Å²) < 4.78 is 27.6. The molecule has 1 aliphatic rings. The lowest BCUT2D eigenvalue weighted by molar-refractivity contribution is 0.197. The summed E-state index contributed by atoms with van der Waals surface area (Å²) in [5.41, 5.74) is 0.591. The topological polar surface area (TPSA) is 60.9 Å². The number of rotatable bonds is 4. The molecule has 1 N–H and O–H groups in total. The molecule has 0 unspecified atom stereocenters. The lowest BCUT2D eigenvalue weighted by Gasteiger charge is -2.34. The number of benzene rings is 1. The van der Waals surface area contributed by atoms with E-state index >= 15 is 0 Å². The molecule has 21 heavy (non-hydrogen) atoms. The minimum atomic E-state index is -3.56. The zero-order valence-electron chi connectivity index (χ0n) is 12.3. The van der Waals surface area contributed by atoms with Gasteiger partial charge in [-0.25, -0.2) is 8.42 Å². The summed E-state index contributed by atoms with van der Waals surface area (Å²) in [7, 11) is 0.127. The maximum atomic E-state index is 12.8. The molecular weight excluding hydrogens is 356 g/mol. The number of piperidine rings is 1. The highest BCUT2D eigenvalue weighted by Gasteiger charge is 2.31. The second kappa shape index (κ2) is 6.75. The van der Waals surface area contributed by atoms with E-state index in [0.717, 1.165) is 25.9 Å². The first-order chi connectivity index (χ1) is 9.86. The molecule has 0 bridgehead atoms. The van der Waals surface area contributed by atoms with Gasteiger partial charge in [0.15, 0.2) is 0 Å². The van der Waals surface area contributed by atoms with E-state index in [9.17, 15) is 13.5 Å². The highest BCUT2D eigenvalue weighted by molar-refractivity contribution is 9.10. The fourth-order valence-electron chi connectivity index (χ4n) is 2.55. The third kappa shape index (κ3) is 3.65. The SMILES string of the molecule is CN1CCC(N(C)S(=O)(=O)c2cc(CO)ccc2Br)CC1. The van der Waals surface area contributed by atoms with E-state index in [4.69, 9.17) is 0 Å². The monoisotopic (exact) mass is 376 g/mol. The number of halogens is 1. The largest absolute Gasteiger partial charge is 0.392 e. The van der Waals surface area contributed by atoms with Crippen LogP contribution in [0.2, 0.25) is 0 Å². The van der Waals surface area contributed by atoms with Crippen LogP contribution in [-0.2, 0) is 16.6 Å². The lowest BCUT2D eigenvalue weighted by Crippen LogP contribution is -2.44. The van der Waals surface area contributed by atoms with Gasteiger partial charge in [-0.1, -0.05) is 6.07 Å². The van der Waals surface area contributed by atoms with E-state index in [-0.39, 0.29) is 17.5 Å². The van der Waals surface area contributed by atoms with Crippen molar-refractivity contribution in [3.63, 3.8) is 0 Å². The first-order valence-electron chi connectivity index (χ1n) is 6.92. The molecule has 1 aromatic rings. The van der Waals surface area contributed by atoms with E-state index in [1.54, 1.807) is 19.2 Å². The Morgan fingerprint density at radius 2 is 2.00 bits per heavy atom. The minimum Gasteiger partial charge on any atom is -0.392 e. The summed E-state index contributed by atoms with van der Waals surface area (Å²) in [5, 5.41) is 9.21. The van der Waals surface area contributed by atoms with Gasteiger partial charge in [0.2, 0.25) is 10.0 Å². The first-order valence-corrected chi connectivity index (χ1v) is 9.15. The predicted octanol–water partition coefficient (Wildman–Crippen LogP) is 1.66. The predicted molar refractivity (Wildman–Crippen MR) is 85.5 cm³/mol. The van der Waals surface area contributed by atoms with Crippen molar-refractivity contribution in [3.05, 3.63) is 28.2 Å². The zero-order valence-corrected chi connectivity index (χ0v) is 14.7. The van der Waals surface area contributed by atoms with Crippen molar-refractivity contribution >= 4 is 26.0 Å². The molecule has 7 heteroatoms. The van der Waals surface area contributed by atoms with E-state index in [0.29, 0.717) is 10.0 Å². The molecule has 1 fully saturated rings. The molecule has 0 radical (unpaired) electrons. The van der Waals surface area contributed by atoms with Gasteiger partial charge in [0, 0.05) is 17.6 Å². The van der Waals surface area contributed by atoms with Crippen molar-refractivity contribution in [2.45, 2.75) is 30.4 Å². The smallest absolute Gasteiger partial charge is 0.244 e.